The third kappa shape index (κ3) is 0.987. The van der Waals surface area contributed by atoms with Crippen LogP contribution in [0.1, 0.15) is 5.69 Å². The summed E-state index contributed by atoms with van der Waals surface area (Å²) in [5.74, 6) is 0. The summed E-state index contributed by atoms with van der Waals surface area (Å²) in [4.78, 5) is 4.08. The molecule has 12 heavy (non-hydrogen) atoms. The highest BCUT2D eigenvalue weighted by atomic mass is 35.5. The standard InChI is InChI=1S/C8H6ClN3/c1-2-6-7-3-4-10-12(7)5-8(9)11-6/h2-5H,1H2. The first-order valence-corrected chi connectivity index (χ1v) is 3.81. The first kappa shape index (κ1) is 7.31. The summed E-state index contributed by atoms with van der Waals surface area (Å²) in [6.07, 6.45) is 5.01. The second-order valence-electron chi connectivity index (χ2n) is 2.31. The SMILES string of the molecule is C=Cc1nc(Cl)cn2nccc12. The van der Waals surface area contributed by atoms with Crippen molar-refractivity contribution in [1.29, 1.82) is 0 Å². The lowest BCUT2D eigenvalue weighted by molar-refractivity contribution is 0.943. The van der Waals surface area contributed by atoms with Crippen molar-refractivity contribution in [2.24, 2.45) is 0 Å². The Labute approximate surface area is 74.3 Å². The summed E-state index contributed by atoms with van der Waals surface area (Å²) in [5.41, 5.74) is 1.66. The third-order valence-corrected chi connectivity index (χ3v) is 1.76. The molecule has 0 aliphatic heterocycles. The number of halogens is 1. The minimum absolute atomic E-state index is 0.418. The second-order valence-corrected chi connectivity index (χ2v) is 2.70. The van der Waals surface area contributed by atoms with Gasteiger partial charge in [0, 0.05) is 0 Å². The summed E-state index contributed by atoms with van der Waals surface area (Å²) in [6.45, 7) is 3.64. The van der Waals surface area contributed by atoms with Crippen LogP contribution in [0.3, 0.4) is 0 Å². The summed E-state index contributed by atoms with van der Waals surface area (Å²) in [7, 11) is 0. The number of rotatable bonds is 1. The van der Waals surface area contributed by atoms with Crippen LogP contribution in [0, 0.1) is 0 Å². The largest absolute Gasteiger partial charge is 0.236 e. The predicted molar refractivity (Wildman–Crippen MR) is 48.1 cm³/mol. The van der Waals surface area contributed by atoms with Crippen LogP contribution in [-0.4, -0.2) is 14.6 Å². The molecule has 0 atom stereocenters. The molecule has 0 aromatic carbocycles. The molecule has 60 valence electrons. The van der Waals surface area contributed by atoms with E-state index in [1.807, 2.05) is 6.07 Å². The fourth-order valence-electron chi connectivity index (χ4n) is 1.07. The summed E-state index contributed by atoms with van der Waals surface area (Å²) >= 11 is 5.74. The van der Waals surface area contributed by atoms with Gasteiger partial charge in [-0.15, -0.1) is 0 Å². The molecule has 0 amide bonds. The van der Waals surface area contributed by atoms with Gasteiger partial charge in [-0.05, 0) is 12.1 Å². The first-order valence-electron chi connectivity index (χ1n) is 3.43. The van der Waals surface area contributed by atoms with Gasteiger partial charge in [-0.25, -0.2) is 9.50 Å². The molecule has 0 fully saturated rings. The van der Waals surface area contributed by atoms with E-state index in [-0.39, 0.29) is 0 Å². The maximum absolute atomic E-state index is 5.74. The number of fused-ring (bicyclic) bond motifs is 1. The Morgan fingerprint density at radius 2 is 2.42 bits per heavy atom. The number of aromatic nitrogens is 3. The van der Waals surface area contributed by atoms with Gasteiger partial charge in [0.25, 0.3) is 0 Å². The van der Waals surface area contributed by atoms with Crippen molar-refractivity contribution in [3.8, 4) is 0 Å². The topological polar surface area (TPSA) is 30.2 Å². The zero-order valence-corrected chi connectivity index (χ0v) is 6.99. The fourth-order valence-corrected chi connectivity index (χ4v) is 1.26. The molecular weight excluding hydrogens is 174 g/mol. The molecule has 2 aromatic rings. The Hall–Kier alpha value is -1.35. The van der Waals surface area contributed by atoms with E-state index in [0.717, 1.165) is 11.2 Å². The van der Waals surface area contributed by atoms with E-state index in [1.165, 1.54) is 0 Å². The molecule has 0 aliphatic rings. The van der Waals surface area contributed by atoms with Gasteiger partial charge in [0.1, 0.15) is 5.15 Å². The van der Waals surface area contributed by atoms with E-state index in [0.29, 0.717) is 5.15 Å². The average molecular weight is 180 g/mol. The molecule has 0 unspecified atom stereocenters. The molecule has 0 radical (unpaired) electrons. The van der Waals surface area contributed by atoms with E-state index < -0.39 is 0 Å². The average Bonchev–Trinajstić information content (AvgIpc) is 2.50. The van der Waals surface area contributed by atoms with Crippen LogP contribution in [0.2, 0.25) is 5.15 Å². The lowest BCUT2D eigenvalue weighted by Gasteiger charge is -1.97. The van der Waals surface area contributed by atoms with Gasteiger partial charge in [0.2, 0.25) is 0 Å². The van der Waals surface area contributed by atoms with Gasteiger partial charge in [0.15, 0.2) is 0 Å². The van der Waals surface area contributed by atoms with E-state index in [4.69, 9.17) is 11.6 Å². The summed E-state index contributed by atoms with van der Waals surface area (Å²) in [6, 6.07) is 1.86. The molecule has 0 aliphatic carbocycles. The molecule has 0 saturated heterocycles. The van der Waals surface area contributed by atoms with E-state index in [9.17, 15) is 0 Å². The van der Waals surface area contributed by atoms with Crippen molar-refractivity contribution < 1.29 is 0 Å². The van der Waals surface area contributed by atoms with Gasteiger partial charge in [-0.1, -0.05) is 18.2 Å². The summed E-state index contributed by atoms with van der Waals surface area (Å²) in [5, 5.41) is 4.45. The van der Waals surface area contributed by atoms with Gasteiger partial charge < -0.3 is 0 Å². The third-order valence-electron chi connectivity index (χ3n) is 1.58. The van der Waals surface area contributed by atoms with Crippen LogP contribution in [0.4, 0.5) is 0 Å². The smallest absolute Gasteiger partial charge is 0.148 e. The van der Waals surface area contributed by atoms with Crippen LogP contribution < -0.4 is 0 Å². The van der Waals surface area contributed by atoms with Crippen LogP contribution in [0.5, 0.6) is 0 Å². The quantitative estimate of drug-likeness (QED) is 0.671. The van der Waals surface area contributed by atoms with Gasteiger partial charge in [-0.2, -0.15) is 5.10 Å². The second kappa shape index (κ2) is 2.60. The maximum Gasteiger partial charge on any atom is 0.148 e. The molecule has 0 spiro atoms. The van der Waals surface area contributed by atoms with Crippen molar-refractivity contribution in [2.75, 3.05) is 0 Å². The molecule has 2 rings (SSSR count). The summed E-state index contributed by atoms with van der Waals surface area (Å²) < 4.78 is 1.67. The van der Waals surface area contributed by atoms with Crippen molar-refractivity contribution in [3.63, 3.8) is 0 Å². The molecule has 2 heterocycles. The minimum Gasteiger partial charge on any atom is -0.236 e. The van der Waals surface area contributed by atoms with Crippen molar-refractivity contribution >= 4 is 23.2 Å². The van der Waals surface area contributed by atoms with Crippen molar-refractivity contribution in [1.82, 2.24) is 14.6 Å². The predicted octanol–water partition coefficient (Wildman–Crippen LogP) is 2.03. The van der Waals surface area contributed by atoms with Crippen LogP contribution in [0.15, 0.2) is 25.0 Å². The molecule has 0 N–H and O–H groups in total. The minimum atomic E-state index is 0.418. The number of nitrogens with zero attached hydrogens (tertiary/aromatic N) is 3. The Balaban J connectivity index is 2.88. The molecule has 0 saturated carbocycles. The van der Waals surface area contributed by atoms with Crippen LogP contribution in [0.25, 0.3) is 11.6 Å². The zero-order chi connectivity index (χ0) is 8.55. The molecular formula is C8H6ClN3. The van der Waals surface area contributed by atoms with Gasteiger partial charge >= 0.3 is 0 Å². The highest BCUT2D eigenvalue weighted by Gasteiger charge is 2.01. The van der Waals surface area contributed by atoms with Crippen LogP contribution >= 0.6 is 11.6 Å². The Morgan fingerprint density at radius 3 is 3.17 bits per heavy atom. The van der Waals surface area contributed by atoms with Gasteiger partial charge in [0.05, 0.1) is 23.6 Å². The lowest BCUT2D eigenvalue weighted by Crippen LogP contribution is -1.92. The Bertz CT molecular complexity index is 433. The number of hydrogen-bond donors (Lipinski definition) is 0. The highest BCUT2D eigenvalue weighted by Crippen LogP contribution is 2.12. The van der Waals surface area contributed by atoms with E-state index >= 15 is 0 Å². The Morgan fingerprint density at radius 1 is 1.58 bits per heavy atom. The number of hydrogen-bond acceptors (Lipinski definition) is 2. The highest BCUT2D eigenvalue weighted by molar-refractivity contribution is 6.29. The molecule has 3 nitrogen and oxygen atoms in total. The monoisotopic (exact) mass is 179 g/mol. The normalized spacial score (nSPS) is 10.4. The Kier molecular flexibility index (Phi) is 1.59. The van der Waals surface area contributed by atoms with E-state index in [2.05, 4.69) is 16.7 Å². The first-order chi connectivity index (χ1) is 5.81. The van der Waals surface area contributed by atoms with Crippen LogP contribution in [-0.2, 0) is 0 Å². The maximum atomic E-state index is 5.74. The fraction of sp³-hybridized carbons (Fsp3) is 0. The molecule has 0 bridgehead atoms. The lowest BCUT2D eigenvalue weighted by atomic mass is 10.3. The zero-order valence-electron chi connectivity index (χ0n) is 6.24. The van der Waals surface area contributed by atoms with E-state index in [1.54, 1.807) is 23.0 Å². The molecule has 2 aromatic heterocycles. The van der Waals surface area contributed by atoms with Crippen molar-refractivity contribution in [2.45, 2.75) is 0 Å². The van der Waals surface area contributed by atoms with Gasteiger partial charge in [-0.3, -0.25) is 0 Å². The molecule has 4 heteroatoms. The van der Waals surface area contributed by atoms with Crippen molar-refractivity contribution in [3.05, 3.63) is 35.9 Å².